The molecular weight excluding hydrogens is 426 g/mol. The standard InChI is InChI=1S/C25H27NO3S2/c1-4-19-12-18(14-30-19)23(27)26-24-22(25(28)29-15(2)3)20-11-10-17(13-21(20)31-24)16-8-6-5-7-9-16/h5-9,12,14-15,17H,4,10-11,13H2,1-3H3,(H,26,27)/t17-/m1/s1. The third-order valence-electron chi connectivity index (χ3n) is 5.57. The third-order valence-corrected chi connectivity index (χ3v) is 7.83. The molecule has 162 valence electrons. The Morgan fingerprint density at radius 2 is 2.00 bits per heavy atom. The quantitative estimate of drug-likeness (QED) is 0.436. The van der Waals surface area contributed by atoms with Crippen LogP contribution in [0.1, 0.15) is 74.7 Å². The Balaban J connectivity index is 1.65. The largest absolute Gasteiger partial charge is 0.459 e. The van der Waals surface area contributed by atoms with Crippen molar-refractivity contribution >= 4 is 39.6 Å². The van der Waals surface area contributed by atoms with Crippen LogP contribution in [0.3, 0.4) is 0 Å². The molecule has 1 atom stereocenters. The fraction of sp³-hybridized carbons (Fsp3) is 0.360. The number of benzene rings is 1. The maximum absolute atomic E-state index is 13.0. The van der Waals surface area contributed by atoms with Crippen LogP contribution in [0.4, 0.5) is 5.00 Å². The Bertz CT molecular complexity index is 1080. The van der Waals surface area contributed by atoms with E-state index in [1.54, 1.807) is 11.3 Å². The van der Waals surface area contributed by atoms with Gasteiger partial charge in [0.1, 0.15) is 5.00 Å². The molecule has 1 amide bonds. The molecule has 4 nitrogen and oxygen atoms in total. The van der Waals surface area contributed by atoms with E-state index in [0.29, 0.717) is 22.0 Å². The zero-order chi connectivity index (χ0) is 22.0. The number of amides is 1. The third kappa shape index (κ3) is 4.75. The van der Waals surface area contributed by atoms with Crippen LogP contribution in [0.5, 0.6) is 0 Å². The maximum Gasteiger partial charge on any atom is 0.341 e. The Hall–Kier alpha value is -2.44. The molecule has 0 spiro atoms. The van der Waals surface area contributed by atoms with Gasteiger partial charge in [0.05, 0.1) is 17.2 Å². The van der Waals surface area contributed by atoms with Gasteiger partial charge in [0.15, 0.2) is 0 Å². The van der Waals surface area contributed by atoms with Crippen molar-refractivity contribution in [1.82, 2.24) is 0 Å². The van der Waals surface area contributed by atoms with Crippen molar-refractivity contribution in [2.24, 2.45) is 0 Å². The van der Waals surface area contributed by atoms with E-state index in [2.05, 4.69) is 36.5 Å². The predicted octanol–water partition coefficient (Wildman–Crippen LogP) is 6.46. The van der Waals surface area contributed by atoms with Gasteiger partial charge in [-0.15, -0.1) is 22.7 Å². The van der Waals surface area contributed by atoms with Gasteiger partial charge in [-0.2, -0.15) is 0 Å². The average molecular weight is 454 g/mol. The fourth-order valence-electron chi connectivity index (χ4n) is 4.03. The second-order valence-corrected chi connectivity index (χ2v) is 10.2. The minimum Gasteiger partial charge on any atom is -0.459 e. The average Bonchev–Trinajstić information content (AvgIpc) is 3.37. The number of anilines is 1. The number of nitrogens with one attached hydrogen (secondary N) is 1. The molecule has 0 saturated carbocycles. The molecule has 1 aliphatic rings. The van der Waals surface area contributed by atoms with E-state index < -0.39 is 0 Å². The van der Waals surface area contributed by atoms with E-state index in [-0.39, 0.29) is 18.0 Å². The van der Waals surface area contributed by atoms with Gasteiger partial charge in [-0.1, -0.05) is 37.3 Å². The normalized spacial score (nSPS) is 15.5. The van der Waals surface area contributed by atoms with Crippen molar-refractivity contribution in [2.45, 2.75) is 58.5 Å². The number of carbonyl (C=O) groups is 2. The van der Waals surface area contributed by atoms with Gasteiger partial charge < -0.3 is 10.1 Å². The first kappa shape index (κ1) is 21.8. The summed E-state index contributed by atoms with van der Waals surface area (Å²) in [6.07, 6.45) is 3.35. The van der Waals surface area contributed by atoms with Crippen LogP contribution < -0.4 is 5.32 Å². The van der Waals surface area contributed by atoms with Crippen LogP contribution in [0.15, 0.2) is 41.8 Å². The van der Waals surface area contributed by atoms with Crippen molar-refractivity contribution in [1.29, 1.82) is 0 Å². The lowest BCUT2D eigenvalue weighted by atomic mass is 9.83. The molecule has 4 rings (SSSR count). The summed E-state index contributed by atoms with van der Waals surface area (Å²) in [5, 5.41) is 5.50. The Labute approximate surface area is 191 Å². The first-order valence-corrected chi connectivity index (χ1v) is 12.4. The van der Waals surface area contributed by atoms with Gasteiger partial charge in [0, 0.05) is 15.1 Å². The summed E-state index contributed by atoms with van der Waals surface area (Å²) in [5.41, 5.74) is 3.54. The number of hydrogen-bond donors (Lipinski definition) is 1. The first-order chi connectivity index (χ1) is 15.0. The number of thiophene rings is 2. The number of rotatable bonds is 6. The summed E-state index contributed by atoms with van der Waals surface area (Å²) in [6.45, 7) is 5.76. The highest BCUT2D eigenvalue weighted by atomic mass is 32.1. The Morgan fingerprint density at radius 3 is 2.68 bits per heavy atom. The Morgan fingerprint density at radius 1 is 1.23 bits per heavy atom. The number of ether oxygens (including phenoxy) is 1. The van der Waals surface area contributed by atoms with E-state index in [1.807, 2.05) is 31.4 Å². The van der Waals surface area contributed by atoms with Gasteiger partial charge in [-0.05, 0) is 62.6 Å². The van der Waals surface area contributed by atoms with E-state index in [4.69, 9.17) is 4.74 Å². The summed E-state index contributed by atoms with van der Waals surface area (Å²) in [6, 6.07) is 12.4. The second kappa shape index (κ2) is 9.37. The highest BCUT2D eigenvalue weighted by molar-refractivity contribution is 7.17. The minimum absolute atomic E-state index is 0.173. The predicted molar refractivity (Wildman–Crippen MR) is 128 cm³/mol. The molecule has 0 fully saturated rings. The van der Waals surface area contributed by atoms with E-state index in [1.165, 1.54) is 26.7 Å². The van der Waals surface area contributed by atoms with Gasteiger partial charge in [-0.3, -0.25) is 4.79 Å². The number of esters is 1. The van der Waals surface area contributed by atoms with Crippen molar-refractivity contribution in [3.05, 3.63) is 73.8 Å². The highest BCUT2D eigenvalue weighted by Gasteiger charge is 2.31. The molecule has 3 aromatic rings. The SMILES string of the molecule is CCc1cc(C(=O)Nc2sc3c(c2C(=O)OC(C)C)CC[C@@H](c2ccccc2)C3)cs1. The molecule has 1 N–H and O–H groups in total. The maximum atomic E-state index is 13.0. The molecule has 0 unspecified atom stereocenters. The second-order valence-electron chi connectivity index (χ2n) is 8.12. The molecule has 0 radical (unpaired) electrons. The summed E-state index contributed by atoms with van der Waals surface area (Å²) in [5.74, 6) is -0.0952. The number of carbonyl (C=O) groups excluding carboxylic acids is 2. The fourth-order valence-corrected chi connectivity index (χ4v) is 6.16. The van der Waals surface area contributed by atoms with Crippen molar-refractivity contribution in [2.75, 3.05) is 5.32 Å². The molecule has 0 aliphatic heterocycles. The smallest absolute Gasteiger partial charge is 0.341 e. The lowest BCUT2D eigenvalue weighted by Crippen LogP contribution is -2.18. The van der Waals surface area contributed by atoms with Crippen LogP contribution in [-0.4, -0.2) is 18.0 Å². The topological polar surface area (TPSA) is 55.4 Å². The van der Waals surface area contributed by atoms with Crippen molar-refractivity contribution in [3.8, 4) is 0 Å². The van der Waals surface area contributed by atoms with Crippen LogP contribution in [0.2, 0.25) is 0 Å². The molecule has 2 aromatic heterocycles. The van der Waals surface area contributed by atoms with Crippen molar-refractivity contribution < 1.29 is 14.3 Å². The van der Waals surface area contributed by atoms with Crippen LogP contribution in [0.25, 0.3) is 0 Å². The van der Waals surface area contributed by atoms with E-state index in [9.17, 15) is 9.59 Å². The highest BCUT2D eigenvalue weighted by Crippen LogP contribution is 2.43. The molecule has 0 saturated heterocycles. The van der Waals surface area contributed by atoms with Crippen molar-refractivity contribution in [3.63, 3.8) is 0 Å². The van der Waals surface area contributed by atoms with E-state index >= 15 is 0 Å². The summed E-state index contributed by atoms with van der Waals surface area (Å²) in [7, 11) is 0. The van der Waals surface area contributed by atoms with Gasteiger partial charge in [0.2, 0.25) is 0 Å². The molecule has 2 heterocycles. The van der Waals surface area contributed by atoms with Crippen LogP contribution in [0, 0.1) is 0 Å². The van der Waals surface area contributed by atoms with Gasteiger partial charge >= 0.3 is 5.97 Å². The zero-order valence-electron chi connectivity index (χ0n) is 18.1. The molecule has 0 bridgehead atoms. The first-order valence-electron chi connectivity index (χ1n) is 10.8. The lowest BCUT2D eigenvalue weighted by Gasteiger charge is -2.23. The zero-order valence-corrected chi connectivity index (χ0v) is 19.7. The Kier molecular flexibility index (Phi) is 6.58. The molecule has 1 aromatic carbocycles. The number of aryl methyl sites for hydroxylation is 1. The monoisotopic (exact) mass is 453 g/mol. The van der Waals surface area contributed by atoms with Gasteiger partial charge in [0.25, 0.3) is 5.91 Å². The lowest BCUT2D eigenvalue weighted by molar-refractivity contribution is 0.0378. The van der Waals surface area contributed by atoms with Crippen LogP contribution >= 0.6 is 22.7 Å². The summed E-state index contributed by atoms with van der Waals surface area (Å²) in [4.78, 5) is 28.2. The molecule has 1 aliphatic carbocycles. The number of fused-ring (bicyclic) bond motifs is 1. The summed E-state index contributed by atoms with van der Waals surface area (Å²) >= 11 is 3.11. The van der Waals surface area contributed by atoms with Gasteiger partial charge in [-0.25, -0.2) is 4.79 Å². The van der Waals surface area contributed by atoms with Crippen LogP contribution in [-0.2, 0) is 24.0 Å². The molecule has 31 heavy (non-hydrogen) atoms. The molecular formula is C25H27NO3S2. The molecule has 6 heteroatoms. The number of hydrogen-bond acceptors (Lipinski definition) is 5. The van der Waals surface area contributed by atoms with E-state index in [0.717, 1.165) is 31.2 Å². The minimum atomic E-state index is -0.347. The summed E-state index contributed by atoms with van der Waals surface area (Å²) < 4.78 is 5.54.